The largest absolute Gasteiger partial charge is 0.510 e. The van der Waals surface area contributed by atoms with E-state index in [1.807, 2.05) is 39.8 Å². The van der Waals surface area contributed by atoms with E-state index >= 15 is 0 Å². The van der Waals surface area contributed by atoms with Gasteiger partial charge in [-0.25, -0.2) is 0 Å². The summed E-state index contributed by atoms with van der Waals surface area (Å²) in [5.41, 5.74) is 9.47. The minimum atomic E-state index is -1.01. The van der Waals surface area contributed by atoms with Gasteiger partial charge in [0.25, 0.3) is 0 Å². The molecule has 266 valence electrons. The summed E-state index contributed by atoms with van der Waals surface area (Å²) in [6.07, 6.45) is 9.66. The number of carbonyl (C=O) groups is 3. The van der Waals surface area contributed by atoms with Crippen molar-refractivity contribution in [1.29, 1.82) is 0 Å². The summed E-state index contributed by atoms with van der Waals surface area (Å²) in [5.74, 6) is -1.76. The van der Waals surface area contributed by atoms with E-state index in [0.29, 0.717) is 28.1 Å². The minimum absolute atomic E-state index is 0.0216. The number of hydrogen-bond acceptors (Lipinski definition) is 8. The Morgan fingerprint density at radius 1 is 0.920 bits per heavy atom. The molecule has 5 N–H and O–H groups in total. The number of aromatic nitrogens is 2. The molecule has 0 aromatic carbocycles. The number of ether oxygens (including phenoxy) is 2. The Morgan fingerprint density at radius 2 is 1.60 bits per heavy atom. The molecule has 2 aromatic heterocycles. The molecule has 2 saturated heterocycles. The molecule has 0 spiro atoms. The number of ketones is 1. The molecule has 8 bridgehead atoms. The van der Waals surface area contributed by atoms with Gasteiger partial charge in [-0.2, -0.15) is 0 Å². The number of aliphatic hydroxyl groups excluding tert-OH is 1. The van der Waals surface area contributed by atoms with Crippen molar-refractivity contribution in [2.45, 2.75) is 80.7 Å². The van der Waals surface area contributed by atoms with Gasteiger partial charge in [0.05, 0.1) is 24.2 Å². The second-order valence-electron chi connectivity index (χ2n) is 14.5. The lowest BCUT2D eigenvalue weighted by Crippen LogP contribution is -2.38. The van der Waals surface area contributed by atoms with E-state index < -0.39 is 17.9 Å². The molecule has 0 saturated carbocycles. The first kappa shape index (κ1) is 35.1. The van der Waals surface area contributed by atoms with Crippen LogP contribution in [0.25, 0.3) is 29.6 Å². The first-order valence-corrected chi connectivity index (χ1v) is 17.7. The Labute approximate surface area is 293 Å². The van der Waals surface area contributed by atoms with E-state index in [-0.39, 0.29) is 54.2 Å². The van der Waals surface area contributed by atoms with Crippen LogP contribution in [0.3, 0.4) is 0 Å². The van der Waals surface area contributed by atoms with Crippen molar-refractivity contribution in [3.8, 4) is 0 Å². The smallest absolute Gasteiger partial charge is 0.320 e. The molecule has 3 aliphatic heterocycles. The van der Waals surface area contributed by atoms with E-state index in [1.54, 1.807) is 6.92 Å². The summed E-state index contributed by atoms with van der Waals surface area (Å²) in [4.78, 5) is 46.7. The van der Waals surface area contributed by atoms with Gasteiger partial charge in [0.1, 0.15) is 18.3 Å². The quantitative estimate of drug-likeness (QED) is 0.143. The topological polar surface area (TPSA) is 146 Å². The highest BCUT2D eigenvalue weighted by atomic mass is 16.5. The molecule has 0 unspecified atom stereocenters. The molecule has 50 heavy (non-hydrogen) atoms. The van der Waals surface area contributed by atoms with Crippen LogP contribution in [0.5, 0.6) is 0 Å². The Balaban J connectivity index is 1.58. The zero-order valence-corrected chi connectivity index (χ0v) is 30.6. The third-order valence-electron chi connectivity index (χ3n) is 11.3. The predicted octanol–water partition coefficient (Wildman–Crippen LogP) is 5.30. The molecular weight excluding hydrogens is 632 g/mol. The second kappa shape index (κ2) is 13.5. The molecule has 10 heteroatoms. The Kier molecular flexibility index (Phi) is 9.50. The molecule has 0 amide bonds. The highest BCUT2D eigenvalue weighted by molar-refractivity contribution is 6.00. The predicted molar refractivity (Wildman–Crippen MR) is 194 cm³/mol. The van der Waals surface area contributed by atoms with Crippen molar-refractivity contribution in [2.75, 3.05) is 13.7 Å². The van der Waals surface area contributed by atoms with Crippen molar-refractivity contribution < 1.29 is 29.0 Å². The lowest BCUT2D eigenvalue weighted by molar-refractivity contribution is -0.143. The number of H-pyrrole nitrogens is 2. The summed E-state index contributed by atoms with van der Waals surface area (Å²) in [5, 5.41) is 20.5. The van der Waals surface area contributed by atoms with E-state index in [9.17, 15) is 19.5 Å². The van der Waals surface area contributed by atoms with Gasteiger partial charge in [0, 0.05) is 63.4 Å². The number of nitrogens with one attached hydrogen (secondary N) is 4. The van der Waals surface area contributed by atoms with Crippen molar-refractivity contribution in [1.82, 2.24) is 20.6 Å². The van der Waals surface area contributed by atoms with E-state index in [1.165, 1.54) is 7.11 Å². The second-order valence-corrected chi connectivity index (χ2v) is 14.5. The number of carbonyl (C=O) groups excluding carboxylic acids is 3. The Bertz CT molecular complexity index is 2020. The molecule has 6 atom stereocenters. The molecule has 6 rings (SSSR count). The van der Waals surface area contributed by atoms with Gasteiger partial charge in [0.15, 0.2) is 5.78 Å². The molecule has 5 heterocycles. The molecule has 1 aliphatic carbocycles. The monoisotopic (exact) mass is 682 g/mol. The van der Waals surface area contributed by atoms with Crippen molar-refractivity contribution in [2.24, 2.45) is 29.6 Å². The maximum absolute atomic E-state index is 13.5. The minimum Gasteiger partial charge on any atom is -0.510 e. The maximum atomic E-state index is 13.5. The SMILES string of the molecule is CC[C@H]1/C2=C/c3[nH]c4c(c3C)=C(O)[C@H](C(=O)OC)C=4[C@@H]3N/C(=C\c4[nH]c(c(C(C)=O)c4C)/C=C(\N2)[C@@H]1C)[C@@H](C)[C@@H]3CCC(=O)OCC=C(C)C. The zero-order valence-electron chi connectivity index (χ0n) is 30.6. The first-order valence-electron chi connectivity index (χ1n) is 17.7. The third kappa shape index (κ3) is 5.92. The van der Waals surface area contributed by atoms with Gasteiger partial charge >= 0.3 is 11.9 Å². The molecule has 2 aromatic rings. The van der Waals surface area contributed by atoms with Crippen LogP contribution in [0.4, 0.5) is 0 Å². The average Bonchev–Trinajstić information content (AvgIpc) is 3.80. The number of allylic oxidation sites excluding steroid dienone is 4. The van der Waals surface area contributed by atoms with Crippen molar-refractivity contribution >= 4 is 47.3 Å². The summed E-state index contributed by atoms with van der Waals surface area (Å²) in [7, 11) is 1.33. The Hall–Kier alpha value is -4.73. The average molecular weight is 683 g/mol. The van der Waals surface area contributed by atoms with E-state index in [2.05, 4.69) is 53.5 Å². The van der Waals surface area contributed by atoms with Crippen LogP contribution < -0.4 is 21.2 Å². The van der Waals surface area contributed by atoms with Crippen LogP contribution in [0.1, 0.15) is 99.4 Å². The maximum Gasteiger partial charge on any atom is 0.320 e. The summed E-state index contributed by atoms with van der Waals surface area (Å²) >= 11 is 0. The summed E-state index contributed by atoms with van der Waals surface area (Å²) < 4.78 is 10.8. The van der Waals surface area contributed by atoms with Gasteiger partial charge in [-0.1, -0.05) is 26.3 Å². The number of hydrogen-bond donors (Lipinski definition) is 5. The van der Waals surface area contributed by atoms with Gasteiger partial charge in [-0.05, 0) is 94.4 Å². The van der Waals surface area contributed by atoms with E-state index in [4.69, 9.17) is 9.47 Å². The molecule has 2 fully saturated rings. The number of rotatable bonds is 8. The van der Waals surface area contributed by atoms with Gasteiger partial charge in [0.2, 0.25) is 0 Å². The number of fused-ring (bicyclic) bond motifs is 8. The fourth-order valence-electron chi connectivity index (χ4n) is 8.47. The fourth-order valence-corrected chi connectivity index (χ4v) is 8.47. The van der Waals surface area contributed by atoms with Crippen LogP contribution in [0, 0.1) is 43.4 Å². The van der Waals surface area contributed by atoms with Gasteiger partial charge < -0.3 is 35.2 Å². The number of aromatic amines is 2. The standard InChI is InChI=1S/C40H50N4O6/c1-10-24-19(4)26-17-31-33(23(8)45)21(6)28(42-31)15-27-20(5)25(11-12-32(46)50-14-13-18(2)3)37(43-27)35-36(40(48)49-9)39(47)34-22(7)29(44-38(34)35)16-30(24)41-26/h13,15-17,19-20,24-25,36-37,41-44,47H,10-12,14H2,1-9H3/b26-17-,27-15-,30-16-/t19-,20+,24-,25+,36-,37-/m1/s1. The molecule has 4 aliphatic rings. The third-order valence-corrected chi connectivity index (χ3v) is 11.3. The van der Waals surface area contributed by atoms with Crippen LogP contribution >= 0.6 is 0 Å². The van der Waals surface area contributed by atoms with Crippen LogP contribution in [0.15, 0.2) is 28.7 Å². The molecular formula is C40H50N4O6. The van der Waals surface area contributed by atoms with Crippen molar-refractivity contribution in [3.05, 3.63) is 73.1 Å². The normalized spacial score (nSPS) is 28.1. The first-order chi connectivity index (χ1) is 23.8. The highest BCUT2D eigenvalue weighted by Crippen LogP contribution is 2.43. The lowest BCUT2D eigenvalue weighted by Gasteiger charge is -2.26. The lowest BCUT2D eigenvalue weighted by atomic mass is 9.80. The van der Waals surface area contributed by atoms with Gasteiger partial charge in [-0.15, -0.1) is 0 Å². The van der Waals surface area contributed by atoms with Crippen molar-refractivity contribution in [3.63, 3.8) is 0 Å². The number of methoxy groups -OCH3 is 1. The zero-order chi connectivity index (χ0) is 36.2. The van der Waals surface area contributed by atoms with Gasteiger partial charge in [-0.3, -0.25) is 14.4 Å². The fraction of sp³-hybridized carbons (Fsp3) is 0.475. The van der Waals surface area contributed by atoms with E-state index in [0.717, 1.165) is 57.3 Å². The summed E-state index contributed by atoms with van der Waals surface area (Å²) in [6.45, 7) is 16.1. The summed E-state index contributed by atoms with van der Waals surface area (Å²) in [6, 6.07) is -0.428. The van der Waals surface area contributed by atoms with Crippen LogP contribution in [-0.4, -0.2) is 52.6 Å². The van der Waals surface area contributed by atoms with Crippen LogP contribution in [-0.2, 0) is 19.1 Å². The number of Topliss-reactive ketones (excluding diaryl/α,β-unsaturated/α-hetero) is 1. The van der Waals surface area contributed by atoms with Crippen LogP contribution in [0.2, 0.25) is 0 Å². The molecule has 0 radical (unpaired) electrons. The number of esters is 2. The Morgan fingerprint density at radius 3 is 2.26 bits per heavy atom. The molecule has 10 nitrogen and oxygen atoms in total. The highest BCUT2D eigenvalue weighted by Gasteiger charge is 2.47. The number of aliphatic hydroxyl groups is 1.